The Morgan fingerprint density at radius 2 is 2.05 bits per heavy atom. The summed E-state index contributed by atoms with van der Waals surface area (Å²) in [6.07, 6.45) is 2.40. The summed E-state index contributed by atoms with van der Waals surface area (Å²) < 4.78 is 24.0. The van der Waals surface area contributed by atoms with Crippen LogP contribution in [-0.2, 0) is 14.9 Å². The van der Waals surface area contributed by atoms with Gasteiger partial charge < -0.3 is 4.90 Å². The molecule has 1 fully saturated rings. The molecular weight excluding hydrogens is 300 g/mol. The molecule has 1 aromatic carbocycles. The number of aryl methyl sites for hydroxylation is 1. The highest BCUT2D eigenvalue weighted by Gasteiger charge is 2.16. The van der Waals surface area contributed by atoms with Gasteiger partial charge in [-0.1, -0.05) is 22.6 Å². The molecule has 0 aromatic heterocycles. The average Bonchev–Trinajstić information content (AvgIpc) is 2.91. The number of benzene rings is 1. The first-order chi connectivity index (χ1) is 9.49. The maximum atomic E-state index is 12.0. The largest absolute Gasteiger partial charge is 0.301 e. The lowest BCUT2D eigenvalue weighted by Gasteiger charge is -2.14. The van der Waals surface area contributed by atoms with Gasteiger partial charge in [-0.05, 0) is 50.6 Å². The first kappa shape index (κ1) is 15.7. The number of nitrogens with one attached hydrogen (secondary N) is 1. The van der Waals surface area contributed by atoms with Gasteiger partial charge in [0.1, 0.15) is 0 Å². The molecule has 0 saturated carbocycles. The standard InChI is InChI=1S/C13H19ClN2O3S/c1-11-4-5-12(10-13(11)14)20(17,18)15-19-9-8-16-6-2-3-7-16/h4-5,10,15H,2-3,6-9H2,1H3. The van der Waals surface area contributed by atoms with Crippen LogP contribution >= 0.6 is 11.6 Å². The van der Waals surface area contributed by atoms with Crippen LogP contribution in [0.3, 0.4) is 0 Å². The third-order valence-electron chi connectivity index (χ3n) is 3.33. The quantitative estimate of drug-likeness (QED) is 0.643. The molecule has 1 aromatic rings. The molecule has 0 amide bonds. The average molecular weight is 319 g/mol. The van der Waals surface area contributed by atoms with Crippen molar-refractivity contribution in [1.29, 1.82) is 0 Å². The van der Waals surface area contributed by atoms with Gasteiger partial charge in [0, 0.05) is 11.6 Å². The minimum absolute atomic E-state index is 0.106. The fourth-order valence-electron chi connectivity index (χ4n) is 2.09. The molecule has 0 bridgehead atoms. The van der Waals surface area contributed by atoms with Crippen LogP contribution in [0.4, 0.5) is 0 Å². The summed E-state index contributed by atoms with van der Waals surface area (Å²) in [5.74, 6) is 0. The first-order valence-electron chi connectivity index (χ1n) is 6.61. The number of hydrogen-bond donors (Lipinski definition) is 1. The van der Waals surface area contributed by atoms with E-state index in [0.717, 1.165) is 25.2 Å². The van der Waals surface area contributed by atoms with E-state index < -0.39 is 10.0 Å². The summed E-state index contributed by atoms with van der Waals surface area (Å²) in [6, 6.07) is 4.59. The fourth-order valence-corrected chi connectivity index (χ4v) is 3.19. The lowest BCUT2D eigenvalue weighted by Crippen LogP contribution is -2.30. The molecule has 20 heavy (non-hydrogen) atoms. The maximum absolute atomic E-state index is 12.0. The van der Waals surface area contributed by atoms with Gasteiger partial charge >= 0.3 is 0 Å². The molecule has 5 nitrogen and oxygen atoms in total. The van der Waals surface area contributed by atoms with E-state index in [1.807, 2.05) is 6.92 Å². The maximum Gasteiger partial charge on any atom is 0.262 e. The number of hydrogen-bond acceptors (Lipinski definition) is 4. The Hall–Kier alpha value is -0.660. The van der Waals surface area contributed by atoms with Gasteiger partial charge in [-0.3, -0.25) is 4.84 Å². The topological polar surface area (TPSA) is 58.6 Å². The predicted octanol–water partition coefficient (Wildman–Crippen LogP) is 1.95. The molecule has 1 aliphatic heterocycles. The molecule has 1 N–H and O–H groups in total. The van der Waals surface area contributed by atoms with Crippen molar-refractivity contribution in [1.82, 2.24) is 9.79 Å². The van der Waals surface area contributed by atoms with Gasteiger partial charge in [0.15, 0.2) is 0 Å². The fraction of sp³-hybridized carbons (Fsp3) is 0.538. The monoisotopic (exact) mass is 318 g/mol. The molecule has 0 atom stereocenters. The molecule has 0 unspecified atom stereocenters. The second-order valence-electron chi connectivity index (χ2n) is 4.89. The van der Waals surface area contributed by atoms with Crippen LogP contribution in [0.5, 0.6) is 0 Å². The Labute approximate surface area is 124 Å². The third-order valence-corrected chi connectivity index (χ3v) is 4.95. The third kappa shape index (κ3) is 4.17. The first-order valence-corrected chi connectivity index (χ1v) is 8.47. The van der Waals surface area contributed by atoms with Crippen LogP contribution < -0.4 is 4.89 Å². The lowest BCUT2D eigenvalue weighted by molar-refractivity contribution is 0.0756. The summed E-state index contributed by atoms with van der Waals surface area (Å²) in [6.45, 7) is 5.00. The van der Waals surface area contributed by atoms with Crippen LogP contribution in [0.1, 0.15) is 18.4 Å². The highest BCUT2D eigenvalue weighted by atomic mass is 35.5. The SMILES string of the molecule is Cc1ccc(S(=O)(=O)NOCCN2CCCC2)cc1Cl. The zero-order valence-corrected chi connectivity index (χ0v) is 13.0. The Kier molecular flexibility index (Phi) is 5.40. The van der Waals surface area contributed by atoms with Gasteiger partial charge in [0.25, 0.3) is 10.0 Å². The second-order valence-corrected chi connectivity index (χ2v) is 6.95. The van der Waals surface area contributed by atoms with Crippen molar-refractivity contribution in [3.05, 3.63) is 28.8 Å². The van der Waals surface area contributed by atoms with E-state index in [4.69, 9.17) is 16.4 Å². The van der Waals surface area contributed by atoms with Gasteiger partial charge in [0.05, 0.1) is 11.5 Å². The van der Waals surface area contributed by atoms with Gasteiger partial charge in [-0.25, -0.2) is 8.42 Å². The van der Waals surface area contributed by atoms with Crippen molar-refractivity contribution in [3.63, 3.8) is 0 Å². The molecule has 7 heteroatoms. The van der Waals surface area contributed by atoms with Crippen LogP contribution in [0.2, 0.25) is 5.02 Å². The normalized spacial score (nSPS) is 16.7. The number of nitrogens with zero attached hydrogens (tertiary/aromatic N) is 1. The molecule has 1 saturated heterocycles. The van der Waals surface area contributed by atoms with Crippen LogP contribution in [0.15, 0.2) is 23.1 Å². The molecule has 1 heterocycles. The van der Waals surface area contributed by atoms with Crippen molar-refractivity contribution >= 4 is 21.6 Å². The number of halogens is 1. The van der Waals surface area contributed by atoms with E-state index in [-0.39, 0.29) is 4.90 Å². The zero-order chi connectivity index (χ0) is 14.6. The van der Waals surface area contributed by atoms with Gasteiger partial charge in [-0.15, -0.1) is 0 Å². The summed E-state index contributed by atoms with van der Waals surface area (Å²) in [5, 5.41) is 0.421. The summed E-state index contributed by atoms with van der Waals surface area (Å²) in [4.78, 5) is 9.55. The molecule has 2 rings (SSSR count). The number of rotatable bonds is 6. The van der Waals surface area contributed by atoms with Gasteiger partial charge in [0.2, 0.25) is 0 Å². The summed E-state index contributed by atoms with van der Waals surface area (Å²) in [5.41, 5.74) is 0.834. The molecule has 0 aliphatic carbocycles. The van der Waals surface area contributed by atoms with Crippen molar-refractivity contribution in [3.8, 4) is 0 Å². The predicted molar refractivity (Wildman–Crippen MR) is 78.1 cm³/mol. The molecule has 0 radical (unpaired) electrons. The van der Waals surface area contributed by atoms with Crippen LogP contribution in [0.25, 0.3) is 0 Å². The Balaban J connectivity index is 1.85. The summed E-state index contributed by atoms with van der Waals surface area (Å²) in [7, 11) is -3.67. The minimum atomic E-state index is -3.67. The lowest BCUT2D eigenvalue weighted by atomic mass is 10.2. The minimum Gasteiger partial charge on any atom is -0.301 e. The van der Waals surface area contributed by atoms with Crippen molar-refractivity contribution in [2.75, 3.05) is 26.2 Å². The summed E-state index contributed by atoms with van der Waals surface area (Å²) >= 11 is 5.93. The Bertz CT molecular complexity index is 557. The van der Waals surface area contributed by atoms with Crippen molar-refractivity contribution < 1.29 is 13.3 Å². The van der Waals surface area contributed by atoms with Crippen molar-refractivity contribution in [2.45, 2.75) is 24.7 Å². The number of likely N-dealkylation sites (tertiary alicyclic amines) is 1. The Morgan fingerprint density at radius 1 is 1.35 bits per heavy atom. The van der Waals surface area contributed by atoms with E-state index in [2.05, 4.69) is 9.79 Å². The highest BCUT2D eigenvalue weighted by Crippen LogP contribution is 2.19. The van der Waals surface area contributed by atoms with E-state index in [0.29, 0.717) is 11.6 Å². The molecule has 1 aliphatic rings. The Morgan fingerprint density at radius 3 is 2.70 bits per heavy atom. The van der Waals surface area contributed by atoms with Crippen LogP contribution in [0, 0.1) is 6.92 Å². The smallest absolute Gasteiger partial charge is 0.262 e. The highest BCUT2D eigenvalue weighted by molar-refractivity contribution is 7.89. The second kappa shape index (κ2) is 6.87. The number of sulfonamides is 1. The molecule has 112 valence electrons. The van der Waals surface area contributed by atoms with Crippen LogP contribution in [-0.4, -0.2) is 39.6 Å². The van der Waals surface area contributed by atoms with Gasteiger partial charge in [-0.2, -0.15) is 0 Å². The molecular formula is C13H19ClN2O3S. The zero-order valence-electron chi connectivity index (χ0n) is 11.4. The van der Waals surface area contributed by atoms with E-state index in [1.165, 1.54) is 25.0 Å². The molecule has 0 spiro atoms. The van der Waals surface area contributed by atoms with E-state index in [9.17, 15) is 8.42 Å². The van der Waals surface area contributed by atoms with E-state index in [1.54, 1.807) is 6.07 Å². The van der Waals surface area contributed by atoms with Crippen molar-refractivity contribution in [2.24, 2.45) is 0 Å². The van der Waals surface area contributed by atoms with E-state index >= 15 is 0 Å².